The van der Waals surface area contributed by atoms with Gasteiger partial charge in [-0.1, -0.05) is 37.6 Å². The van der Waals surface area contributed by atoms with Gasteiger partial charge >= 0.3 is 0 Å². The molecule has 0 bridgehead atoms. The normalized spacial score (nSPS) is 11.8. The first-order chi connectivity index (χ1) is 12.0. The van der Waals surface area contributed by atoms with Gasteiger partial charge in [-0.05, 0) is 42.0 Å². The van der Waals surface area contributed by atoms with Crippen LogP contribution in [0.4, 0.5) is 0 Å². The number of halogens is 2. The van der Waals surface area contributed by atoms with Crippen molar-refractivity contribution in [3.63, 3.8) is 0 Å². The predicted molar refractivity (Wildman–Crippen MR) is 121 cm³/mol. The summed E-state index contributed by atoms with van der Waals surface area (Å²) < 4.78 is 1.94. The van der Waals surface area contributed by atoms with E-state index in [0.717, 1.165) is 43.5 Å². The molecule has 0 unspecified atom stereocenters. The maximum atomic E-state index is 6.08. The molecule has 0 spiro atoms. The number of hydrogen-bond donors (Lipinski definition) is 2. The molecule has 1 aromatic heterocycles. The Balaban J connectivity index is 0.00000338. The van der Waals surface area contributed by atoms with Crippen molar-refractivity contribution in [2.45, 2.75) is 33.2 Å². The highest BCUT2D eigenvalue weighted by Crippen LogP contribution is 2.22. The van der Waals surface area contributed by atoms with E-state index >= 15 is 0 Å². The number of hydrogen-bond acceptors (Lipinski definition) is 2. The largest absolute Gasteiger partial charge is 0.356 e. The third kappa shape index (κ3) is 8.40. The van der Waals surface area contributed by atoms with Crippen LogP contribution in [0.1, 0.15) is 25.8 Å². The molecule has 0 saturated heterocycles. The van der Waals surface area contributed by atoms with E-state index in [1.54, 1.807) is 13.2 Å². The SMILES string of the molecule is CN=C(NCCCn1cccn1)NCC(C)(C)Cc1cccc(Cl)c1.I. The molecule has 2 rings (SSSR count). The van der Waals surface area contributed by atoms with Gasteiger partial charge in [0.1, 0.15) is 0 Å². The van der Waals surface area contributed by atoms with Crippen LogP contribution in [0, 0.1) is 5.41 Å². The summed E-state index contributed by atoms with van der Waals surface area (Å²) in [4.78, 5) is 4.30. The van der Waals surface area contributed by atoms with E-state index in [1.807, 2.05) is 35.1 Å². The number of aryl methyl sites for hydroxylation is 1. The molecule has 26 heavy (non-hydrogen) atoms. The van der Waals surface area contributed by atoms with Crippen molar-refractivity contribution < 1.29 is 0 Å². The minimum atomic E-state index is 0. The van der Waals surface area contributed by atoms with E-state index in [1.165, 1.54) is 5.56 Å². The number of nitrogens with one attached hydrogen (secondary N) is 2. The summed E-state index contributed by atoms with van der Waals surface area (Å²) in [6, 6.07) is 10.0. The molecule has 0 saturated carbocycles. The van der Waals surface area contributed by atoms with E-state index in [4.69, 9.17) is 11.6 Å². The van der Waals surface area contributed by atoms with Gasteiger partial charge in [0.15, 0.2) is 5.96 Å². The molecule has 0 amide bonds. The monoisotopic (exact) mass is 489 g/mol. The van der Waals surface area contributed by atoms with Crippen molar-refractivity contribution in [3.8, 4) is 0 Å². The summed E-state index contributed by atoms with van der Waals surface area (Å²) in [5, 5.41) is 11.8. The average molecular weight is 490 g/mol. The molecular formula is C19H29ClIN5. The second kappa shape index (κ2) is 11.4. The number of benzene rings is 1. The molecule has 0 atom stereocenters. The summed E-state index contributed by atoms with van der Waals surface area (Å²) in [5.74, 6) is 0.833. The van der Waals surface area contributed by atoms with Gasteiger partial charge in [0.2, 0.25) is 0 Å². The highest BCUT2D eigenvalue weighted by molar-refractivity contribution is 14.0. The quantitative estimate of drug-likeness (QED) is 0.255. The van der Waals surface area contributed by atoms with Crippen molar-refractivity contribution in [3.05, 3.63) is 53.3 Å². The van der Waals surface area contributed by atoms with Gasteiger partial charge in [0.25, 0.3) is 0 Å². The molecular weight excluding hydrogens is 461 g/mol. The molecule has 0 radical (unpaired) electrons. The fourth-order valence-electron chi connectivity index (χ4n) is 2.69. The number of aliphatic imine (C=N–C) groups is 1. The second-order valence-electron chi connectivity index (χ2n) is 6.95. The van der Waals surface area contributed by atoms with Gasteiger partial charge in [-0.15, -0.1) is 24.0 Å². The van der Waals surface area contributed by atoms with Crippen LogP contribution < -0.4 is 10.6 Å². The van der Waals surface area contributed by atoms with Crippen LogP contribution in [0.3, 0.4) is 0 Å². The zero-order valence-corrected chi connectivity index (χ0v) is 18.8. The molecule has 144 valence electrons. The van der Waals surface area contributed by atoms with E-state index in [9.17, 15) is 0 Å². The lowest BCUT2D eigenvalue weighted by Crippen LogP contribution is -2.43. The molecule has 2 N–H and O–H groups in total. The standard InChI is InChI=1S/C19H28ClN5.HI/c1-19(2,14-16-7-4-8-17(20)13-16)15-23-18(21-3)22-9-5-11-25-12-6-10-24-25;/h4,6-8,10,12-13H,5,9,11,14-15H2,1-3H3,(H2,21,22,23);1H. The predicted octanol–water partition coefficient (Wildman–Crippen LogP) is 3.98. The fourth-order valence-corrected chi connectivity index (χ4v) is 2.90. The van der Waals surface area contributed by atoms with Gasteiger partial charge in [-0.25, -0.2) is 0 Å². The molecule has 0 aliphatic carbocycles. The van der Waals surface area contributed by atoms with Gasteiger partial charge in [-0.3, -0.25) is 9.67 Å². The second-order valence-corrected chi connectivity index (χ2v) is 7.38. The number of aromatic nitrogens is 2. The van der Waals surface area contributed by atoms with Crippen molar-refractivity contribution in [2.24, 2.45) is 10.4 Å². The van der Waals surface area contributed by atoms with Gasteiger partial charge in [-0.2, -0.15) is 5.10 Å². The van der Waals surface area contributed by atoms with Crippen molar-refractivity contribution >= 4 is 41.5 Å². The Hall–Kier alpha value is -1.28. The third-order valence-corrected chi connectivity index (χ3v) is 4.18. The van der Waals surface area contributed by atoms with E-state index in [0.29, 0.717) is 0 Å². The molecule has 1 heterocycles. The summed E-state index contributed by atoms with van der Waals surface area (Å²) in [6.45, 7) is 7.07. The molecule has 0 aliphatic heterocycles. The van der Waals surface area contributed by atoms with Crippen molar-refractivity contribution in [1.29, 1.82) is 0 Å². The summed E-state index contributed by atoms with van der Waals surface area (Å²) in [7, 11) is 1.80. The lowest BCUT2D eigenvalue weighted by molar-refractivity contribution is 0.359. The smallest absolute Gasteiger partial charge is 0.190 e. The minimum absolute atomic E-state index is 0. The topological polar surface area (TPSA) is 54.2 Å². The Morgan fingerprint density at radius 1 is 1.27 bits per heavy atom. The molecule has 0 aliphatic rings. The zero-order valence-electron chi connectivity index (χ0n) is 15.7. The van der Waals surface area contributed by atoms with Crippen molar-refractivity contribution in [1.82, 2.24) is 20.4 Å². The summed E-state index contributed by atoms with van der Waals surface area (Å²) >= 11 is 6.08. The van der Waals surface area contributed by atoms with Crippen LogP contribution in [0.25, 0.3) is 0 Å². The summed E-state index contributed by atoms with van der Waals surface area (Å²) in [5.41, 5.74) is 1.35. The van der Waals surface area contributed by atoms with Crippen LogP contribution in [0.5, 0.6) is 0 Å². The Kier molecular flexibility index (Phi) is 10.0. The highest BCUT2D eigenvalue weighted by Gasteiger charge is 2.19. The van der Waals surface area contributed by atoms with Gasteiger partial charge in [0.05, 0.1) is 0 Å². The van der Waals surface area contributed by atoms with Crippen LogP contribution in [-0.2, 0) is 13.0 Å². The van der Waals surface area contributed by atoms with Gasteiger partial charge < -0.3 is 10.6 Å². The fraction of sp³-hybridized carbons (Fsp3) is 0.474. The Labute approximate surface area is 178 Å². The summed E-state index contributed by atoms with van der Waals surface area (Å²) in [6.07, 6.45) is 5.73. The maximum Gasteiger partial charge on any atom is 0.190 e. The zero-order chi connectivity index (χ0) is 18.1. The van der Waals surface area contributed by atoms with Crippen molar-refractivity contribution in [2.75, 3.05) is 20.1 Å². The maximum absolute atomic E-state index is 6.08. The first-order valence-electron chi connectivity index (χ1n) is 8.65. The van der Waals surface area contributed by atoms with Crippen LogP contribution in [0.2, 0.25) is 5.02 Å². The molecule has 5 nitrogen and oxygen atoms in total. The lowest BCUT2D eigenvalue weighted by atomic mass is 9.86. The van der Waals surface area contributed by atoms with E-state index in [2.05, 4.69) is 40.6 Å². The third-order valence-electron chi connectivity index (χ3n) is 3.95. The van der Waals surface area contributed by atoms with Crippen LogP contribution in [0.15, 0.2) is 47.7 Å². The first kappa shape index (κ1) is 22.8. The number of rotatable bonds is 8. The average Bonchev–Trinajstić information content (AvgIpc) is 3.07. The number of guanidine groups is 1. The highest BCUT2D eigenvalue weighted by atomic mass is 127. The Morgan fingerprint density at radius 2 is 2.08 bits per heavy atom. The molecule has 2 aromatic rings. The first-order valence-corrected chi connectivity index (χ1v) is 9.03. The molecule has 0 fully saturated rings. The lowest BCUT2D eigenvalue weighted by Gasteiger charge is -2.26. The van der Waals surface area contributed by atoms with E-state index in [-0.39, 0.29) is 29.4 Å². The minimum Gasteiger partial charge on any atom is -0.356 e. The Bertz CT molecular complexity index is 670. The van der Waals surface area contributed by atoms with Gasteiger partial charge in [0, 0.05) is 44.1 Å². The Morgan fingerprint density at radius 3 is 2.73 bits per heavy atom. The van der Waals surface area contributed by atoms with Crippen LogP contribution in [-0.4, -0.2) is 35.9 Å². The molecule has 7 heteroatoms. The van der Waals surface area contributed by atoms with Crippen LogP contribution >= 0.6 is 35.6 Å². The van der Waals surface area contributed by atoms with E-state index < -0.39 is 0 Å². The number of nitrogens with zero attached hydrogens (tertiary/aromatic N) is 3. The molecule has 1 aromatic carbocycles.